The molecule has 0 radical (unpaired) electrons. The van der Waals surface area contributed by atoms with Crippen molar-refractivity contribution in [1.82, 2.24) is 4.90 Å². The number of methoxy groups -OCH3 is 1. The van der Waals surface area contributed by atoms with E-state index in [1.54, 1.807) is 18.2 Å². The van der Waals surface area contributed by atoms with E-state index in [2.05, 4.69) is 10.1 Å². The van der Waals surface area contributed by atoms with Gasteiger partial charge in [-0.05, 0) is 18.2 Å². The molecule has 2 amide bonds. The number of nitrogens with zero attached hydrogens (tertiary/aromatic N) is 1. The Morgan fingerprint density at radius 3 is 2.90 bits per heavy atom. The Morgan fingerprint density at radius 1 is 1.45 bits per heavy atom. The molecule has 1 aliphatic heterocycles. The monoisotopic (exact) mass is 278 g/mol. The highest BCUT2D eigenvalue weighted by Crippen LogP contribution is 2.12. The summed E-state index contributed by atoms with van der Waals surface area (Å²) in [5.41, 5.74) is 0.802. The molecule has 1 heterocycles. The highest BCUT2D eigenvalue weighted by Gasteiger charge is 2.24. The molecule has 0 spiro atoms. The summed E-state index contributed by atoms with van der Waals surface area (Å²) in [6.07, 6.45) is -0.497. The van der Waals surface area contributed by atoms with Crippen LogP contribution in [0.1, 0.15) is 10.4 Å². The molecule has 0 aliphatic carbocycles. The third kappa shape index (κ3) is 3.25. The molecule has 1 aliphatic rings. The van der Waals surface area contributed by atoms with E-state index in [1.807, 2.05) is 0 Å². The zero-order valence-electron chi connectivity index (χ0n) is 10.9. The molecule has 1 aromatic carbocycles. The quantitative estimate of drug-likeness (QED) is 0.826. The van der Waals surface area contributed by atoms with Gasteiger partial charge in [-0.25, -0.2) is 9.59 Å². The number of benzene rings is 1. The number of nitrogens with one attached hydrogen (secondary N) is 1. The fourth-order valence-electron chi connectivity index (χ4n) is 1.78. The van der Waals surface area contributed by atoms with Gasteiger partial charge < -0.3 is 14.8 Å². The van der Waals surface area contributed by atoms with Crippen LogP contribution in [0.25, 0.3) is 0 Å². The van der Waals surface area contributed by atoms with E-state index in [1.165, 1.54) is 18.1 Å². The molecule has 7 heteroatoms. The molecule has 1 fully saturated rings. The second-order valence-electron chi connectivity index (χ2n) is 4.16. The van der Waals surface area contributed by atoms with Gasteiger partial charge in [-0.3, -0.25) is 9.69 Å². The maximum absolute atomic E-state index is 11.8. The highest BCUT2D eigenvalue weighted by molar-refractivity contribution is 5.96. The Hall–Kier alpha value is -2.57. The van der Waals surface area contributed by atoms with E-state index in [4.69, 9.17) is 4.74 Å². The molecule has 0 unspecified atom stereocenters. The summed E-state index contributed by atoms with van der Waals surface area (Å²) in [7, 11) is 1.28. The maximum atomic E-state index is 11.8. The molecule has 0 saturated carbocycles. The van der Waals surface area contributed by atoms with Gasteiger partial charge in [0.25, 0.3) is 0 Å². The zero-order chi connectivity index (χ0) is 14.5. The van der Waals surface area contributed by atoms with Crippen molar-refractivity contribution in [2.75, 3.05) is 32.1 Å². The van der Waals surface area contributed by atoms with E-state index in [0.717, 1.165) is 0 Å². The van der Waals surface area contributed by atoms with E-state index in [-0.39, 0.29) is 12.5 Å². The van der Waals surface area contributed by atoms with E-state index in [0.29, 0.717) is 24.4 Å². The van der Waals surface area contributed by atoms with Gasteiger partial charge in [-0.15, -0.1) is 0 Å². The van der Waals surface area contributed by atoms with E-state index in [9.17, 15) is 14.4 Å². The molecule has 7 nitrogen and oxygen atoms in total. The van der Waals surface area contributed by atoms with Crippen LogP contribution in [0, 0.1) is 0 Å². The van der Waals surface area contributed by atoms with Crippen LogP contribution in [0.15, 0.2) is 24.3 Å². The van der Waals surface area contributed by atoms with Crippen LogP contribution in [0.4, 0.5) is 10.5 Å². The summed E-state index contributed by atoms with van der Waals surface area (Å²) in [6.45, 7) is 0.611. The number of ether oxygens (including phenoxy) is 2. The van der Waals surface area contributed by atoms with Gasteiger partial charge in [0.1, 0.15) is 13.2 Å². The largest absolute Gasteiger partial charge is 0.465 e. The van der Waals surface area contributed by atoms with Gasteiger partial charge in [-0.2, -0.15) is 0 Å². The molecular formula is C13H14N2O5. The summed E-state index contributed by atoms with van der Waals surface area (Å²) >= 11 is 0. The van der Waals surface area contributed by atoms with Crippen molar-refractivity contribution in [3.63, 3.8) is 0 Å². The smallest absolute Gasteiger partial charge is 0.410 e. The fraction of sp³-hybridized carbons (Fsp3) is 0.308. The standard InChI is InChI=1S/C13H14N2O5/c1-19-12(17)9-3-2-4-10(7-9)14-11(16)8-15-5-6-20-13(15)18/h2-4,7H,5-6,8H2,1H3,(H,14,16). The maximum Gasteiger partial charge on any atom is 0.410 e. The lowest BCUT2D eigenvalue weighted by molar-refractivity contribution is -0.116. The number of carbonyl (C=O) groups excluding carboxylic acids is 3. The Balaban J connectivity index is 1.97. The molecule has 1 N–H and O–H groups in total. The predicted octanol–water partition coefficient (Wildman–Crippen LogP) is 0.864. The minimum Gasteiger partial charge on any atom is -0.465 e. The lowest BCUT2D eigenvalue weighted by Crippen LogP contribution is -2.33. The normalized spacial score (nSPS) is 13.8. The summed E-state index contributed by atoms with van der Waals surface area (Å²) in [4.78, 5) is 35.7. The van der Waals surface area contributed by atoms with Crippen LogP contribution < -0.4 is 5.32 Å². The lowest BCUT2D eigenvalue weighted by Gasteiger charge is -2.12. The number of esters is 1. The van der Waals surface area contributed by atoms with Crippen molar-refractivity contribution in [2.45, 2.75) is 0 Å². The zero-order valence-corrected chi connectivity index (χ0v) is 10.9. The second-order valence-corrected chi connectivity index (χ2v) is 4.16. The highest BCUT2D eigenvalue weighted by atomic mass is 16.6. The Bertz CT molecular complexity index is 543. The molecule has 0 bridgehead atoms. The minimum atomic E-state index is -0.497. The van der Waals surface area contributed by atoms with Crippen molar-refractivity contribution in [3.8, 4) is 0 Å². The number of cyclic esters (lactones) is 1. The summed E-state index contributed by atoms with van der Waals surface area (Å²) in [5, 5.41) is 2.61. The molecule has 1 saturated heterocycles. The van der Waals surface area contributed by atoms with E-state index >= 15 is 0 Å². The van der Waals surface area contributed by atoms with Gasteiger partial charge in [-0.1, -0.05) is 6.07 Å². The van der Waals surface area contributed by atoms with Gasteiger partial charge in [0.05, 0.1) is 19.2 Å². The first kappa shape index (κ1) is 13.9. The van der Waals surface area contributed by atoms with Crippen molar-refractivity contribution in [2.24, 2.45) is 0 Å². The van der Waals surface area contributed by atoms with Crippen LogP contribution >= 0.6 is 0 Å². The lowest BCUT2D eigenvalue weighted by atomic mass is 10.2. The van der Waals surface area contributed by atoms with Crippen molar-refractivity contribution in [3.05, 3.63) is 29.8 Å². The summed E-state index contributed by atoms with van der Waals surface area (Å²) < 4.78 is 9.32. The van der Waals surface area contributed by atoms with E-state index < -0.39 is 12.1 Å². The predicted molar refractivity (Wildman–Crippen MR) is 69.3 cm³/mol. The second kappa shape index (κ2) is 6.05. The molecule has 20 heavy (non-hydrogen) atoms. The molecular weight excluding hydrogens is 264 g/mol. The first-order valence-electron chi connectivity index (χ1n) is 6.00. The SMILES string of the molecule is COC(=O)c1cccc(NC(=O)CN2CCOC2=O)c1. The minimum absolute atomic E-state index is 0.0821. The molecule has 0 aromatic heterocycles. The molecule has 2 rings (SSSR count). The number of hydrogen-bond acceptors (Lipinski definition) is 5. The van der Waals surface area contributed by atoms with Crippen molar-refractivity contribution >= 4 is 23.7 Å². The van der Waals surface area contributed by atoms with Crippen LogP contribution in [0.5, 0.6) is 0 Å². The van der Waals surface area contributed by atoms with Gasteiger partial charge in [0, 0.05) is 5.69 Å². The number of anilines is 1. The first-order valence-corrected chi connectivity index (χ1v) is 6.00. The van der Waals surface area contributed by atoms with Gasteiger partial charge in [0.2, 0.25) is 5.91 Å². The molecule has 106 valence electrons. The van der Waals surface area contributed by atoms with Gasteiger partial charge in [0.15, 0.2) is 0 Å². The average Bonchev–Trinajstić information content (AvgIpc) is 2.83. The molecule has 0 atom stereocenters. The van der Waals surface area contributed by atoms with Crippen LogP contribution in [0.2, 0.25) is 0 Å². The van der Waals surface area contributed by atoms with Gasteiger partial charge >= 0.3 is 12.1 Å². The number of amides is 2. The summed E-state index contributed by atoms with van der Waals surface area (Å²) in [5.74, 6) is -0.838. The number of rotatable bonds is 4. The average molecular weight is 278 g/mol. The third-order valence-electron chi connectivity index (χ3n) is 2.75. The fourth-order valence-corrected chi connectivity index (χ4v) is 1.78. The summed E-state index contributed by atoms with van der Waals surface area (Å²) in [6, 6.07) is 6.37. The number of hydrogen-bond donors (Lipinski definition) is 1. The van der Waals surface area contributed by atoms with Crippen LogP contribution in [0.3, 0.4) is 0 Å². The first-order chi connectivity index (χ1) is 9.60. The van der Waals surface area contributed by atoms with Crippen LogP contribution in [-0.4, -0.2) is 49.7 Å². The number of carbonyl (C=O) groups is 3. The Labute approximate surface area is 115 Å². The third-order valence-corrected chi connectivity index (χ3v) is 2.75. The molecule has 1 aromatic rings. The van der Waals surface area contributed by atoms with Crippen molar-refractivity contribution < 1.29 is 23.9 Å². The Morgan fingerprint density at radius 2 is 2.25 bits per heavy atom. The Kier molecular flexibility index (Phi) is 4.19. The van der Waals surface area contributed by atoms with Crippen molar-refractivity contribution in [1.29, 1.82) is 0 Å². The van der Waals surface area contributed by atoms with Crippen LogP contribution in [-0.2, 0) is 14.3 Å². The topological polar surface area (TPSA) is 84.9 Å².